The molecule has 2 aromatic heterocycles. The molecule has 1 unspecified atom stereocenters. The van der Waals surface area contributed by atoms with E-state index in [4.69, 9.17) is 2.74 Å². The Morgan fingerprint density at radius 1 is 1.07 bits per heavy atom. The molecule has 2 aliphatic rings. The van der Waals surface area contributed by atoms with Gasteiger partial charge in [-0.25, -0.2) is 0 Å². The third-order valence-corrected chi connectivity index (χ3v) is 5.06. The Morgan fingerprint density at radius 2 is 1.80 bits per heavy atom. The first-order valence-electron chi connectivity index (χ1n) is 9.57. The smallest absolute Gasteiger partial charge is 0.279 e. The van der Waals surface area contributed by atoms with E-state index in [0.29, 0.717) is 22.5 Å². The third kappa shape index (κ3) is 2.61. The van der Waals surface area contributed by atoms with Crippen LogP contribution in [-0.4, -0.2) is 9.85 Å². The normalized spacial score (nSPS) is 19.1. The Kier molecular flexibility index (Phi) is 4.32. The van der Waals surface area contributed by atoms with Crippen molar-refractivity contribution >= 4 is 0 Å². The van der Waals surface area contributed by atoms with Crippen molar-refractivity contribution in [2.75, 3.05) is 0 Å². The minimum atomic E-state index is -1.50. The predicted octanol–water partition coefficient (Wildman–Crippen LogP) is 1.78. The van der Waals surface area contributed by atoms with Crippen LogP contribution in [0, 0.1) is 32.5 Å². The number of hydrogen-bond acceptors (Lipinski definition) is 4. The summed E-state index contributed by atoms with van der Waals surface area (Å²) in [6.45, 7) is 0. The zero-order valence-electron chi connectivity index (χ0n) is 17.3. The second-order valence-electron chi connectivity index (χ2n) is 6.45. The maximum atomic E-state index is 11.9. The van der Waals surface area contributed by atoms with E-state index in [2.05, 4.69) is 6.08 Å². The molecule has 1 radical (unpaired) electrons. The fourth-order valence-electron chi connectivity index (χ4n) is 4.09. The van der Waals surface area contributed by atoms with Crippen LogP contribution in [0.5, 0.6) is 0 Å². The third-order valence-electron chi connectivity index (χ3n) is 5.06. The van der Waals surface area contributed by atoms with E-state index < -0.39 is 21.2 Å². The summed E-state index contributed by atoms with van der Waals surface area (Å²) in [5.41, 5.74) is -0.472. The Bertz CT molecular complexity index is 1390. The zero-order chi connectivity index (χ0) is 21.9. The van der Waals surface area contributed by atoms with Crippen LogP contribution in [0.15, 0.2) is 84.3 Å². The Balaban J connectivity index is 0.00000245. The number of benzene rings is 1. The summed E-state index contributed by atoms with van der Waals surface area (Å²) in [7, 11) is 0. The molecule has 0 fully saturated rings. The molecule has 0 saturated carbocycles. The summed E-state index contributed by atoms with van der Waals surface area (Å²) in [5, 5.41) is 23.1. The molecule has 9 heteroatoms. The molecule has 0 saturated heterocycles. The monoisotopic (exact) mass is 477 g/mol. The molecule has 0 amide bonds. The van der Waals surface area contributed by atoms with Crippen molar-refractivity contribution in [2.24, 2.45) is 0 Å². The van der Waals surface area contributed by atoms with E-state index in [0.717, 1.165) is 0 Å². The number of allylic oxidation sites excluding steroid dienone is 1. The van der Waals surface area contributed by atoms with E-state index in [-0.39, 0.29) is 50.4 Å². The Hall–Kier alpha value is -3.10. The first kappa shape index (κ1) is 17.7. The number of fused-ring (bicyclic) bond motifs is 7. The van der Waals surface area contributed by atoms with Gasteiger partial charge in [0.25, 0.3) is 0 Å². The van der Waals surface area contributed by atoms with Gasteiger partial charge in [-0.1, -0.05) is 23.7 Å². The molecule has 30 heavy (non-hydrogen) atoms. The van der Waals surface area contributed by atoms with Gasteiger partial charge in [-0.05, 0) is 34.1 Å². The molecule has 1 atom stereocenters. The van der Waals surface area contributed by atoms with Crippen LogP contribution < -0.4 is 9.13 Å². The van der Waals surface area contributed by atoms with Gasteiger partial charge in [0.2, 0.25) is 5.69 Å². The maximum absolute atomic E-state index is 11.9. The van der Waals surface area contributed by atoms with Gasteiger partial charge in [-0.3, -0.25) is 20.2 Å². The topological polar surface area (TPSA) is 94.0 Å². The van der Waals surface area contributed by atoms with Crippen LogP contribution >= 0.6 is 0 Å². The quantitative estimate of drug-likeness (QED) is 0.189. The minimum absolute atomic E-state index is 0. The first-order valence-corrected chi connectivity index (χ1v) is 8.57. The largest absolute Gasteiger partial charge is 0.339 e. The molecule has 143 valence electrons. The van der Waals surface area contributed by atoms with Crippen LogP contribution in [0.1, 0.15) is 14.0 Å². The van der Waals surface area contributed by atoms with Crippen LogP contribution in [0.25, 0.3) is 11.3 Å². The van der Waals surface area contributed by atoms with Crippen molar-refractivity contribution in [3.05, 3.63) is 128 Å². The van der Waals surface area contributed by atoms with Gasteiger partial charge in [0.05, 0.1) is 25.3 Å². The van der Waals surface area contributed by atoms with E-state index in [1.807, 2.05) is 0 Å². The second-order valence-corrected chi connectivity index (χ2v) is 6.45. The fraction of sp³-hybridized carbons (Fsp3) is 0.0476. The maximum Gasteiger partial charge on any atom is 0.339 e. The van der Waals surface area contributed by atoms with Gasteiger partial charge < -0.3 is 0 Å². The summed E-state index contributed by atoms with van der Waals surface area (Å²) >= 11 is 0. The molecule has 5 rings (SSSR count). The van der Waals surface area contributed by atoms with E-state index >= 15 is 0 Å². The molecule has 1 spiro atoms. The molecular weight excluding hydrogens is 461 g/mol. The van der Waals surface area contributed by atoms with Gasteiger partial charge in [-0.2, -0.15) is 10.6 Å². The van der Waals surface area contributed by atoms with Crippen molar-refractivity contribution in [3.63, 3.8) is 0 Å². The van der Waals surface area contributed by atoms with Gasteiger partial charge in [0.15, 0.2) is 12.4 Å². The molecule has 4 heterocycles. The fourth-order valence-corrected chi connectivity index (χ4v) is 4.09. The molecule has 1 aromatic carbocycles. The van der Waals surface area contributed by atoms with Crippen LogP contribution in [0.2, 0.25) is 0 Å². The van der Waals surface area contributed by atoms with Gasteiger partial charge in [0.1, 0.15) is 6.20 Å². The average Bonchev–Trinajstić information content (AvgIpc) is 3.21. The predicted molar refractivity (Wildman–Crippen MR) is 97.8 cm³/mol. The second kappa shape index (κ2) is 7.30. The van der Waals surface area contributed by atoms with Gasteiger partial charge in [-0.15, -0.1) is 10.6 Å². The number of rotatable bonds is 3. The molecular formula is C21H12N4O4Y. The molecule has 0 N–H and O–H groups in total. The average molecular weight is 477 g/mol. The van der Waals surface area contributed by atoms with Gasteiger partial charge in [0, 0.05) is 44.8 Å². The molecule has 8 nitrogen and oxygen atoms in total. The van der Waals surface area contributed by atoms with Gasteiger partial charge >= 0.3 is 5.66 Å². The molecule has 0 bridgehead atoms. The zero-order valence-corrected chi connectivity index (χ0v) is 18.1. The van der Waals surface area contributed by atoms with Crippen molar-refractivity contribution < 1.29 is 54.4 Å². The molecule has 3 aromatic rings. The summed E-state index contributed by atoms with van der Waals surface area (Å²) in [6, 6.07) is 13.5. The van der Waals surface area contributed by atoms with E-state index in [1.165, 1.54) is 6.07 Å². The Morgan fingerprint density at radius 3 is 2.53 bits per heavy atom. The van der Waals surface area contributed by atoms with Crippen LogP contribution in [-0.2, 0) is 38.4 Å². The summed E-state index contributed by atoms with van der Waals surface area (Å²) in [6.07, 6.45) is 8.06. The van der Waals surface area contributed by atoms with Crippen molar-refractivity contribution in [1.29, 1.82) is 0 Å². The van der Waals surface area contributed by atoms with Crippen LogP contribution in [0.3, 0.4) is 0 Å². The number of pyridine rings is 2. The minimum Gasteiger partial charge on any atom is -0.279 e. The Labute approximate surface area is 198 Å². The standard InChI is InChI=1S/C21H12N4O4.Y/c26-24(27)14-20(25(28)29)18-13-15-7-3-5-11-22(15)21(18)17-9-2-1-8-16(17)19-10-4-6-12-23(19)21;/h1-12H;/i1T,9T;. The number of aromatic nitrogens is 2. The van der Waals surface area contributed by atoms with Crippen molar-refractivity contribution in [1.82, 2.24) is 0 Å². The first-order chi connectivity index (χ1) is 14.9. The number of hydrogen-bond donors (Lipinski definition) is 0. The molecule has 0 aliphatic carbocycles. The SMILES string of the molecule is [3H]c1cc([3H])c2c(c1)-c1cccc[n+]1C21C(C(=[C-][N+](=O)[O-])[N+](=O)[O-])=[C-]c2cccc[n+]21.[Y]. The molecule has 2 aliphatic heterocycles. The van der Waals surface area contributed by atoms with Crippen molar-refractivity contribution in [2.45, 2.75) is 5.66 Å². The summed E-state index contributed by atoms with van der Waals surface area (Å²) in [5.74, 6) is 0. The van der Waals surface area contributed by atoms with E-state index in [1.54, 1.807) is 70.2 Å². The summed E-state index contributed by atoms with van der Waals surface area (Å²) < 4.78 is 20.2. The number of nitro groups is 2. The summed E-state index contributed by atoms with van der Waals surface area (Å²) in [4.78, 5) is 21.3. The number of nitrogens with zero attached hydrogens (tertiary/aromatic N) is 4. The van der Waals surface area contributed by atoms with Crippen molar-refractivity contribution in [3.8, 4) is 11.3 Å². The van der Waals surface area contributed by atoms with E-state index in [9.17, 15) is 20.2 Å². The van der Waals surface area contributed by atoms with Crippen LogP contribution in [0.4, 0.5) is 0 Å².